The van der Waals surface area contributed by atoms with Crippen LogP contribution in [0, 0.1) is 6.92 Å². The highest BCUT2D eigenvalue weighted by atomic mass is 35.7. The largest absolute Gasteiger partial charge is 0.441 e. The van der Waals surface area contributed by atoms with Gasteiger partial charge in [-0.3, -0.25) is 14.6 Å². The molecule has 1 unspecified atom stereocenters. The molecular weight excluding hydrogens is 514 g/mol. The molecule has 4 aromatic rings. The van der Waals surface area contributed by atoms with Crippen molar-refractivity contribution in [2.75, 3.05) is 10.6 Å². The lowest BCUT2D eigenvalue weighted by atomic mass is 10.1. The highest BCUT2D eigenvalue weighted by molar-refractivity contribution is 7.57. The smallest absolute Gasteiger partial charge is 0.322 e. The minimum atomic E-state index is -4.55. The maximum absolute atomic E-state index is 12.9. The van der Waals surface area contributed by atoms with Crippen LogP contribution in [0.5, 0.6) is 0 Å². The number of amides is 2. The Balaban J connectivity index is 0.00000115. The molecule has 11 heteroatoms. The number of benzene rings is 3. The molecule has 0 spiro atoms. The molecule has 0 aliphatic heterocycles. The van der Waals surface area contributed by atoms with Gasteiger partial charge in [-0.2, -0.15) is 13.2 Å². The Morgan fingerprint density at radius 2 is 1.58 bits per heavy atom. The number of halogens is 4. The molecule has 2 amide bonds. The second-order valence-corrected chi connectivity index (χ2v) is 8.12. The van der Waals surface area contributed by atoms with E-state index in [0.29, 0.717) is 16.9 Å². The summed E-state index contributed by atoms with van der Waals surface area (Å²) in [6, 6.07) is 17.8. The monoisotopic (exact) mass is 532 g/mol. The summed E-state index contributed by atoms with van der Waals surface area (Å²) in [5, 5.41) is 6.21. The van der Waals surface area contributed by atoms with E-state index in [1.54, 1.807) is 55.6 Å². The molecule has 4 rings (SSSR count). The average molecular weight is 533 g/mol. The van der Waals surface area contributed by atoms with Gasteiger partial charge in [0.15, 0.2) is 0 Å². The van der Waals surface area contributed by atoms with E-state index in [0.717, 1.165) is 28.6 Å². The third-order valence-electron chi connectivity index (χ3n) is 5.06. The zero-order chi connectivity index (χ0) is 26.3. The first-order valence-electron chi connectivity index (χ1n) is 10.4. The van der Waals surface area contributed by atoms with E-state index in [2.05, 4.69) is 26.9 Å². The van der Waals surface area contributed by atoms with Gasteiger partial charge in [0.2, 0.25) is 11.2 Å². The van der Waals surface area contributed by atoms with Crippen LogP contribution in [0.15, 0.2) is 79.0 Å². The van der Waals surface area contributed by atoms with Gasteiger partial charge in [-0.15, -0.1) is 0 Å². The summed E-state index contributed by atoms with van der Waals surface area (Å²) in [6.07, 6.45) is -2.87. The number of rotatable bonds is 4. The Labute approximate surface area is 210 Å². The fraction of sp³-hybridized carbons (Fsp3) is 0.0800. The van der Waals surface area contributed by atoms with Crippen molar-refractivity contribution in [3.63, 3.8) is 0 Å². The standard InChI is InChI=1S/C25H18F3N3O2.ClOP/c1-15-7-9-20(30-23(32)17-4-2-6-19(13-17)25(26,27)28)14-22(15)31-24(33)18-8-10-21-16(12-18)5-3-11-29-21;1-3-2/h2-14H,1H3,(H,30,32)(H,31,33);/p+1. The van der Waals surface area contributed by atoms with Crippen molar-refractivity contribution >= 4 is 53.1 Å². The number of nitrogens with one attached hydrogen (secondary N) is 2. The second-order valence-electron chi connectivity index (χ2n) is 7.50. The summed E-state index contributed by atoms with van der Waals surface area (Å²) in [6.45, 7) is 1.79. The molecule has 0 fully saturated rings. The van der Waals surface area contributed by atoms with Gasteiger partial charge in [0.05, 0.1) is 11.1 Å². The normalized spacial score (nSPS) is 10.9. The van der Waals surface area contributed by atoms with Crippen molar-refractivity contribution in [2.45, 2.75) is 13.1 Å². The van der Waals surface area contributed by atoms with Crippen LogP contribution in [0.3, 0.4) is 0 Å². The Kier molecular flexibility index (Phi) is 8.74. The van der Waals surface area contributed by atoms with Gasteiger partial charge >= 0.3 is 14.0 Å². The van der Waals surface area contributed by atoms with Crippen LogP contribution in [-0.4, -0.2) is 16.8 Å². The van der Waals surface area contributed by atoms with E-state index < -0.39 is 25.5 Å². The van der Waals surface area contributed by atoms with Gasteiger partial charge in [-0.25, -0.2) is 0 Å². The number of aromatic nitrogens is 1. The zero-order valence-electron chi connectivity index (χ0n) is 18.7. The van der Waals surface area contributed by atoms with E-state index in [4.69, 9.17) is 4.57 Å². The van der Waals surface area contributed by atoms with Gasteiger partial charge in [-0.1, -0.05) is 22.8 Å². The molecule has 3 aromatic carbocycles. The van der Waals surface area contributed by atoms with Crippen molar-refractivity contribution in [2.24, 2.45) is 0 Å². The topological polar surface area (TPSA) is 88.2 Å². The van der Waals surface area contributed by atoms with Crippen LogP contribution in [-0.2, 0) is 10.7 Å². The minimum absolute atomic E-state index is 0.124. The summed E-state index contributed by atoms with van der Waals surface area (Å²) < 4.78 is 47.5. The third-order valence-corrected chi connectivity index (χ3v) is 5.06. The molecule has 184 valence electrons. The maximum atomic E-state index is 12.9. The number of carbonyl (C=O) groups excluding carboxylic acids is 2. The Hall–Kier alpha value is -3.81. The molecule has 0 aliphatic carbocycles. The summed E-state index contributed by atoms with van der Waals surface area (Å²) in [7, 11) is -0.694. The lowest BCUT2D eigenvalue weighted by Gasteiger charge is -2.13. The van der Waals surface area contributed by atoms with E-state index in [9.17, 15) is 22.8 Å². The van der Waals surface area contributed by atoms with Crippen LogP contribution in [0.1, 0.15) is 31.8 Å². The molecule has 2 N–H and O–H groups in total. The Morgan fingerprint density at radius 1 is 0.889 bits per heavy atom. The van der Waals surface area contributed by atoms with Crippen molar-refractivity contribution in [1.82, 2.24) is 4.98 Å². The molecule has 1 heterocycles. The van der Waals surface area contributed by atoms with Crippen LogP contribution in [0.25, 0.3) is 10.9 Å². The number of hydrogen-bond donors (Lipinski definition) is 2. The number of nitrogens with zero attached hydrogens (tertiary/aromatic N) is 1. The van der Waals surface area contributed by atoms with Gasteiger partial charge in [0.1, 0.15) is 0 Å². The number of hydrogen-bond acceptors (Lipinski definition) is 4. The summed E-state index contributed by atoms with van der Waals surface area (Å²) in [4.78, 5) is 29.5. The van der Waals surface area contributed by atoms with Crippen molar-refractivity contribution in [3.05, 3.63) is 101 Å². The summed E-state index contributed by atoms with van der Waals surface area (Å²) in [5.41, 5.74) is 1.73. The predicted octanol–water partition coefficient (Wildman–Crippen LogP) is 7.23. The van der Waals surface area contributed by atoms with Gasteiger partial charge in [0.25, 0.3) is 11.8 Å². The van der Waals surface area contributed by atoms with Gasteiger partial charge in [-0.05, 0) is 67.1 Å². The number of pyridine rings is 1. The Bertz CT molecular complexity index is 1430. The Morgan fingerprint density at radius 3 is 2.31 bits per heavy atom. The maximum Gasteiger partial charge on any atom is 0.441 e. The number of anilines is 2. The molecule has 36 heavy (non-hydrogen) atoms. The fourth-order valence-electron chi connectivity index (χ4n) is 3.29. The number of alkyl halides is 3. The lowest BCUT2D eigenvalue weighted by molar-refractivity contribution is -0.137. The number of aryl methyl sites for hydroxylation is 1. The van der Waals surface area contributed by atoms with E-state index in [-0.39, 0.29) is 11.5 Å². The molecule has 1 aromatic heterocycles. The molecule has 6 nitrogen and oxygen atoms in total. The highest BCUT2D eigenvalue weighted by Crippen LogP contribution is 2.30. The number of fused-ring (bicyclic) bond motifs is 1. The zero-order valence-corrected chi connectivity index (χ0v) is 20.4. The first-order valence-corrected chi connectivity index (χ1v) is 12.3. The lowest BCUT2D eigenvalue weighted by Crippen LogP contribution is -2.15. The molecule has 0 saturated heterocycles. The third kappa shape index (κ3) is 6.87. The van der Waals surface area contributed by atoms with Crippen molar-refractivity contribution in [3.8, 4) is 0 Å². The molecule has 0 aliphatic rings. The van der Waals surface area contributed by atoms with Gasteiger partial charge in [0, 0.05) is 34.1 Å². The molecule has 0 saturated carbocycles. The second kappa shape index (κ2) is 11.7. The van der Waals surface area contributed by atoms with Crippen LogP contribution < -0.4 is 10.6 Å². The van der Waals surface area contributed by atoms with Crippen molar-refractivity contribution < 1.29 is 27.3 Å². The first kappa shape index (κ1) is 26.8. The van der Waals surface area contributed by atoms with E-state index in [1.165, 1.54) is 12.1 Å². The summed E-state index contributed by atoms with van der Waals surface area (Å²) >= 11 is 4.47. The SMILES string of the molecule is Cc1ccc(NC(=O)c2cccc(C(F)(F)F)c2)cc1NC(=O)c1ccc2ncccc2c1.O=[PH+]Cl. The number of carbonyl (C=O) groups is 2. The average Bonchev–Trinajstić information content (AvgIpc) is 2.85. The highest BCUT2D eigenvalue weighted by Gasteiger charge is 2.30. The minimum Gasteiger partial charge on any atom is -0.322 e. The summed E-state index contributed by atoms with van der Waals surface area (Å²) in [5.74, 6) is -1.03. The fourth-order valence-corrected chi connectivity index (χ4v) is 3.29. The molecule has 0 radical (unpaired) electrons. The van der Waals surface area contributed by atoms with Crippen molar-refractivity contribution in [1.29, 1.82) is 0 Å². The first-order chi connectivity index (χ1) is 17.1. The molecule has 0 bridgehead atoms. The van der Waals surface area contributed by atoms with Gasteiger partial charge < -0.3 is 10.6 Å². The molecular formula is C25H19ClF3N3O3P+. The quantitative estimate of drug-likeness (QED) is 0.271. The predicted molar refractivity (Wildman–Crippen MR) is 135 cm³/mol. The van der Waals surface area contributed by atoms with Crippen LogP contribution in [0.4, 0.5) is 24.5 Å². The molecule has 1 atom stereocenters. The van der Waals surface area contributed by atoms with E-state index in [1.807, 2.05) is 6.07 Å². The van der Waals surface area contributed by atoms with Crippen LogP contribution >= 0.6 is 19.1 Å². The van der Waals surface area contributed by atoms with E-state index >= 15 is 0 Å². The van der Waals surface area contributed by atoms with Crippen LogP contribution in [0.2, 0.25) is 0 Å².